The minimum absolute atomic E-state index is 0.165. The number of aliphatic hydroxyl groups excluding tert-OH is 4. The molecule has 15 nitrogen and oxygen atoms in total. The molecule has 15 heteroatoms. The van der Waals surface area contributed by atoms with Crippen LogP contribution < -0.4 is 0 Å². The number of carbonyl (C=O) groups is 3. The summed E-state index contributed by atoms with van der Waals surface area (Å²) >= 11 is 0. The highest BCUT2D eigenvalue weighted by molar-refractivity contribution is 5.69. The quantitative estimate of drug-likeness (QED) is 0.130. The van der Waals surface area contributed by atoms with Crippen LogP contribution in [0, 0.1) is 12.3 Å². The molecule has 0 radical (unpaired) electrons. The van der Waals surface area contributed by atoms with Crippen molar-refractivity contribution in [2.45, 2.75) is 13.0 Å². The van der Waals surface area contributed by atoms with Crippen LogP contribution >= 0.6 is 0 Å². The lowest BCUT2D eigenvalue weighted by molar-refractivity contribution is -0.140. The van der Waals surface area contributed by atoms with E-state index in [-0.39, 0.29) is 26.2 Å². The zero-order valence-electron chi connectivity index (χ0n) is 23.9. The van der Waals surface area contributed by atoms with Gasteiger partial charge in [0.25, 0.3) is 0 Å². The summed E-state index contributed by atoms with van der Waals surface area (Å²) in [5, 5.41) is 58.6. The normalized spacial score (nSPS) is 16.2. The predicted molar refractivity (Wildman–Crippen MR) is 145 cm³/mol. The van der Waals surface area contributed by atoms with Gasteiger partial charge in [0.05, 0.1) is 32.3 Å². The van der Waals surface area contributed by atoms with Crippen molar-refractivity contribution in [2.24, 2.45) is 0 Å². The lowest BCUT2D eigenvalue weighted by Gasteiger charge is -2.33. The number of ether oxygens (including phenoxy) is 1. The number of carboxylic acid groups (broad SMARTS) is 3. The first-order valence-corrected chi connectivity index (χ1v) is 12.0. The highest BCUT2D eigenvalue weighted by Crippen LogP contribution is 2.02. The lowest BCUT2D eigenvalue weighted by Crippen LogP contribution is -2.49. The number of terminal acetylenes is 1. The molecule has 7 N–H and O–H groups in total. The molecular formula is C24H50N4O11. The van der Waals surface area contributed by atoms with Gasteiger partial charge in [-0.25, -0.2) is 0 Å². The summed E-state index contributed by atoms with van der Waals surface area (Å²) in [5.41, 5.74) is 0. The van der Waals surface area contributed by atoms with Crippen molar-refractivity contribution in [3.63, 3.8) is 0 Å². The summed E-state index contributed by atoms with van der Waals surface area (Å²) < 4.78 is 4.97. The topological polar surface area (TPSA) is 215 Å². The molecule has 0 amide bonds. The van der Waals surface area contributed by atoms with Crippen LogP contribution in [0.15, 0.2) is 0 Å². The number of rotatable bonds is 10. The van der Waals surface area contributed by atoms with Gasteiger partial charge in [-0.05, 0) is 6.92 Å². The third kappa shape index (κ3) is 30.0. The number of hydrogen-bond acceptors (Lipinski definition) is 12. The molecule has 1 aliphatic heterocycles. The van der Waals surface area contributed by atoms with Crippen LogP contribution in [0.5, 0.6) is 0 Å². The molecule has 1 saturated heterocycles. The Morgan fingerprint density at radius 1 is 0.692 bits per heavy atom. The van der Waals surface area contributed by atoms with E-state index >= 15 is 0 Å². The Kier molecular flexibility index (Phi) is 35.6. The second-order valence-corrected chi connectivity index (χ2v) is 7.71. The Morgan fingerprint density at radius 2 is 0.923 bits per heavy atom. The van der Waals surface area contributed by atoms with Crippen LogP contribution in [0.1, 0.15) is 6.92 Å². The van der Waals surface area contributed by atoms with Gasteiger partial charge in [0.2, 0.25) is 0 Å². The molecule has 1 unspecified atom stereocenters. The maximum absolute atomic E-state index is 11.2. The number of carboxylic acids is 3. The minimum atomic E-state index is -0.991. The van der Waals surface area contributed by atoms with E-state index in [2.05, 4.69) is 12.3 Å². The average Bonchev–Trinajstić information content (AvgIpc) is 2.89. The maximum Gasteiger partial charge on any atom is 0.317 e. The van der Waals surface area contributed by atoms with Crippen LogP contribution in [0.2, 0.25) is 0 Å². The van der Waals surface area contributed by atoms with Crippen molar-refractivity contribution < 1.29 is 54.9 Å². The van der Waals surface area contributed by atoms with Gasteiger partial charge in [-0.1, -0.05) is 0 Å². The van der Waals surface area contributed by atoms with E-state index in [9.17, 15) is 29.7 Å². The minimum Gasteiger partial charge on any atom is -0.480 e. The first-order chi connectivity index (χ1) is 18.6. The highest BCUT2D eigenvalue weighted by atomic mass is 16.5. The molecule has 0 aliphatic carbocycles. The number of methoxy groups -OCH3 is 1. The Labute approximate surface area is 231 Å². The van der Waals surface area contributed by atoms with E-state index < -0.39 is 24.0 Å². The summed E-state index contributed by atoms with van der Waals surface area (Å²) in [6, 6.07) is 0. The maximum atomic E-state index is 11.2. The number of hydrogen-bond donors (Lipinski definition) is 7. The summed E-state index contributed by atoms with van der Waals surface area (Å²) in [6.45, 7) is 4.86. The second-order valence-electron chi connectivity index (χ2n) is 7.71. The number of aliphatic hydroxyl groups is 4. The average molecular weight is 571 g/mol. The summed E-state index contributed by atoms with van der Waals surface area (Å²) in [5.74, 6) is -0.675. The molecule has 1 atom stereocenters. The fourth-order valence-corrected chi connectivity index (χ4v) is 3.35. The first-order valence-electron chi connectivity index (χ1n) is 12.0. The van der Waals surface area contributed by atoms with Crippen molar-refractivity contribution in [1.29, 1.82) is 0 Å². The van der Waals surface area contributed by atoms with Gasteiger partial charge in [0.15, 0.2) is 0 Å². The third-order valence-electron chi connectivity index (χ3n) is 4.83. The van der Waals surface area contributed by atoms with Gasteiger partial charge in [-0.3, -0.25) is 34.0 Å². The Hall–Kier alpha value is -2.39. The van der Waals surface area contributed by atoms with E-state index in [0.29, 0.717) is 58.9 Å². The fourth-order valence-electron chi connectivity index (χ4n) is 3.35. The molecule has 0 bridgehead atoms. The zero-order chi connectivity index (χ0) is 31.2. The fraction of sp³-hybridized carbons (Fsp3) is 0.792. The number of aliphatic carboxylic acids is 3. The summed E-state index contributed by atoms with van der Waals surface area (Å²) in [7, 11) is 4.49. The van der Waals surface area contributed by atoms with Crippen LogP contribution in [-0.2, 0) is 19.1 Å². The predicted octanol–water partition coefficient (Wildman–Crippen LogP) is -3.07. The second kappa shape index (κ2) is 31.8. The van der Waals surface area contributed by atoms with Gasteiger partial charge in [0, 0.05) is 87.3 Å². The lowest BCUT2D eigenvalue weighted by atomic mass is 10.3. The number of nitrogens with zero attached hydrogens (tertiary/aromatic N) is 4. The molecule has 1 rings (SSSR count). The van der Waals surface area contributed by atoms with Crippen molar-refractivity contribution in [2.75, 3.05) is 114 Å². The molecule has 1 heterocycles. The van der Waals surface area contributed by atoms with Gasteiger partial charge >= 0.3 is 17.9 Å². The van der Waals surface area contributed by atoms with Crippen molar-refractivity contribution in [3.8, 4) is 12.3 Å². The summed E-state index contributed by atoms with van der Waals surface area (Å²) in [4.78, 5) is 40.7. The van der Waals surface area contributed by atoms with E-state index in [0.717, 1.165) is 21.3 Å². The van der Waals surface area contributed by atoms with Gasteiger partial charge in [-0.15, -0.1) is 12.3 Å². The molecule has 0 spiro atoms. The van der Waals surface area contributed by atoms with Crippen LogP contribution in [0.4, 0.5) is 0 Å². The van der Waals surface area contributed by atoms with Crippen molar-refractivity contribution >= 4 is 17.9 Å². The standard InChI is InChI=1S/C18H34N4O8.C3H4.3CH4O/c1-30-14-15(23)10-19-2-4-20(11-16(24)25)6-8-22(13-18(28)29)9-7-21(5-3-19)12-17(26)27;1-3-2;3*1-2/h15,23H,2-14H2,1H3,(H,24,25)(H,26,27)(H,28,29);1H,2H3;3*2H,1H3. The van der Waals surface area contributed by atoms with Crippen LogP contribution in [-0.4, -0.2) is 193 Å². The molecular weight excluding hydrogens is 520 g/mol. The Morgan fingerprint density at radius 3 is 1.13 bits per heavy atom. The van der Waals surface area contributed by atoms with E-state index in [1.165, 1.54) is 7.11 Å². The largest absolute Gasteiger partial charge is 0.480 e. The van der Waals surface area contributed by atoms with E-state index in [1.807, 2.05) is 4.90 Å². The molecule has 0 aromatic rings. The van der Waals surface area contributed by atoms with Crippen LogP contribution in [0.3, 0.4) is 0 Å². The number of β-amino-alcohol motifs (C(OH)–C–C–N with tert-alkyl or cyclic N) is 1. The molecule has 0 aromatic carbocycles. The Bertz CT molecular complexity index is 604. The van der Waals surface area contributed by atoms with Crippen molar-refractivity contribution in [1.82, 2.24) is 19.6 Å². The van der Waals surface area contributed by atoms with E-state index in [1.54, 1.807) is 21.6 Å². The smallest absolute Gasteiger partial charge is 0.317 e. The molecule has 1 fully saturated rings. The summed E-state index contributed by atoms with van der Waals surface area (Å²) in [6.07, 6.45) is 3.88. The van der Waals surface area contributed by atoms with Crippen molar-refractivity contribution in [3.05, 3.63) is 0 Å². The highest BCUT2D eigenvalue weighted by Gasteiger charge is 2.21. The van der Waals surface area contributed by atoms with Crippen LogP contribution in [0.25, 0.3) is 0 Å². The van der Waals surface area contributed by atoms with Gasteiger partial charge in [-0.2, -0.15) is 0 Å². The molecule has 0 saturated carbocycles. The zero-order valence-corrected chi connectivity index (χ0v) is 23.9. The van der Waals surface area contributed by atoms with E-state index in [4.69, 9.17) is 25.2 Å². The van der Waals surface area contributed by atoms with Gasteiger partial charge < -0.3 is 40.5 Å². The van der Waals surface area contributed by atoms with Gasteiger partial charge in [0.1, 0.15) is 0 Å². The molecule has 1 aliphatic rings. The molecule has 0 aromatic heterocycles. The molecule has 232 valence electrons. The molecule has 39 heavy (non-hydrogen) atoms. The third-order valence-corrected chi connectivity index (χ3v) is 4.83. The monoisotopic (exact) mass is 570 g/mol. The SMILES string of the molecule is C#CC.CO.CO.CO.COCC(O)CN1CCN(CC(=O)O)CCN(CC(=O)O)CCN(CC(=O)O)CC1. The first kappa shape index (κ1) is 43.7. The Balaban J connectivity index is -0.000000607.